The van der Waals surface area contributed by atoms with Crippen LogP contribution in [0.15, 0.2) is 36.4 Å². The van der Waals surface area contributed by atoms with Gasteiger partial charge in [-0.2, -0.15) is 0 Å². The third-order valence-electron chi connectivity index (χ3n) is 2.62. The second kappa shape index (κ2) is 7.07. The predicted octanol–water partition coefficient (Wildman–Crippen LogP) is 3.54. The third kappa shape index (κ3) is 4.19. The number of hydrogen-bond acceptors (Lipinski definition) is 2. The van der Waals surface area contributed by atoms with Crippen LogP contribution in [0.1, 0.15) is 11.1 Å². The van der Waals surface area contributed by atoms with Gasteiger partial charge in [-0.25, -0.2) is 8.78 Å². The lowest BCUT2D eigenvalue weighted by atomic mass is 10.2. The number of aliphatic hydroxyl groups excluding tert-OH is 1. The van der Waals surface area contributed by atoms with Crippen molar-refractivity contribution in [2.45, 2.75) is 6.61 Å². The Balaban J connectivity index is 2.13. The normalized spacial score (nSPS) is 9.90. The van der Waals surface area contributed by atoms with E-state index in [0.29, 0.717) is 11.1 Å². The zero-order chi connectivity index (χ0) is 15.2. The molecule has 0 spiro atoms. The minimum atomic E-state index is -0.555. The van der Waals surface area contributed by atoms with Crippen molar-refractivity contribution in [1.82, 2.24) is 0 Å². The summed E-state index contributed by atoms with van der Waals surface area (Å²) in [5.74, 6) is 4.03. The highest BCUT2D eigenvalue weighted by atomic mass is 35.5. The number of benzene rings is 2. The average Bonchev–Trinajstić information content (AvgIpc) is 2.48. The van der Waals surface area contributed by atoms with Gasteiger partial charge in [0.2, 0.25) is 0 Å². The van der Waals surface area contributed by atoms with E-state index in [-0.39, 0.29) is 24.0 Å². The van der Waals surface area contributed by atoms with Crippen molar-refractivity contribution in [3.8, 4) is 17.6 Å². The minimum Gasteiger partial charge on any atom is -0.486 e. The molecule has 108 valence electrons. The van der Waals surface area contributed by atoms with Gasteiger partial charge in [0.15, 0.2) is 11.6 Å². The Morgan fingerprint density at radius 3 is 2.62 bits per heavy atom. The van der Waals surface area contributed by atoms with E-state index in [9.17, 15) is 8.78 Å². The van der Waals surface area contributed by atoms with Crippen molar-refractivity contribution in [3.05, 3.63) is 64.2 Å². The molecular formula is C16H11ClF2O2. The first-order valence-electron chi connectivity index (χ1n) is 6.06. The summed E-state index contributed by atoms with van der Waals surface area (Å²) in [5, 5.41) is 8.65. The molecule has 2 rings (SSSR count). The summed E-state index contributed by atoms with van der Waals surface area (Å²) in [6.07, 6.45) is 0. The molecule has 0 saturated heterocycles. The smallest absolute Gasteiger partial charge is 0.165 e. The molecule has 0 aromatic heterocycles. The summed E-state index contributed by atoms with van der Waals surface area (Å²) in [5.41, 5.74) is 1.05. The van der Waals surface area contributed by atoms with Gasteiger partial charge in [0, 0.05) is 5.56 Å². The third-order valence-corrected chi connectivity index (χ3v) is 2.93. The standard InChI is InChI=1S/C16H11ClF2O2/c17-13-5-3-12(8-15(13)19)10-21-16-9-11(2-1-7-20)4-6-14(16)18/h3-6,8-9,20H,7,10H2. The first-order valence-corrected chi connectivity index (χ1v) is 6.44. The maximum absolute atomic E-state index is 13.6. The summed E-state index contributed by atoms with van der Waals surface area (Å²) in [6, 6.07) is 8.36. The average molecular weight is 309 g/mol. The lowest BCUT2D eigenvalue weighted by Crippen LogP contribution is -1.98. The number of aliphatic hydroxyl groups is 1. The van der Waals surface area contributed by atoms with E-state index in [4.69, 9.17) is 21.4 Å². The first-order chi connectivity index (χ1) is 10.1. The molecule has 0 atom stereocenters. The second-order valence-corrected chi connectivity index (χ2v) is 4.55. The number of rotatable bonds is 3. The van der Waals surface area contributed by atoms with E-state index in [1.54, 1.807) is 6.07 Å². The van der Waals surface area contributed by atoms with Crippen molar-refractivity contribution in [3.63, 3.8) is 0 Å². The number of ether oxygens (including phenoxy) is 1. The van der Waals surface area contributed by atoms with Crippen molar-refractivity contribution in [2.75, 3.05) is 6.61 Å². The summed E-state index contributed by atoms with van der Waals surface area (Å²) in [6.45, 7) is -0.278. The summed E-state index contributed by atoms with van der Waals surface area (Å²) in [7, 11) is 0. The van der Waals surface area contributed by atoms with Gasteiger partial charge in [0.1, 0.15) is 19.0 Å². The first kappa shape index (κ1) is 15.3. The Morgan fingerprint density at radius 1 is 1.10 bits per heavy atom. The monoisotopic (exact) mass is 308 g/mol. The van der Waals surface area contributed by atoms with Gasteiger partial charge < -0.3 is 9.84 Å². The van der Waals surface area contributed by atoms with Crippen molar-refractivity contribution >= 4 is 11.6 Å². The van der Waals surface area contributed by atoms with Crippen LogP contribution >= 0.6 is 11.6 Å². The van der Waals surface area contributed by atoms with Crippen molar-refractivity contribution in [1.29, 1.82) is 0 Å². The number of hydrogen-bond donors (Lipinski definition) is 1. The Hall–Kier alpha value is -2.09. The van der Waals surface area contributed by atoms with Crippen LogP contribution < -0.4 is 4.74 Å². The highest BCUT2D eigenvalue weighted by Gasteiger charge is 2.06. The molecule has 0 radical (unpaired) electrons. The maximum atomic E-state index is 13.6. The van der Waals surface area contributed by atoms with Crippen LogP contribution in [0.3, 0.4) is 0 Å². The van der Waals surface area contributed by atoms with Crippen LogP contribution in [0.25, 0.3) is 0 Å². The van der Waals surface area contributed by atoms with Crippen molar-refractivity contribution < 1.29 is 18.6 Å². The molecule has 21 heavy (non-hydrogen) atoms. The molecule has 0 fully saturated rings. The van der Waals surface area contributed by atoms with Gasteiger partial charge in [-0.05, 0) is 35.9 Å². The fourth-order valence-corrected chi connectivity index (χ4v) is 1.74. The summed E-state index contributed by atoms with van der Waals surface area (Å²) >= 11 is 5.58. The van der Waals surface area contributed by atoms with Crippen LogP contribution in [-0.2, 0) is 6.61 Å². The van der Waals surface area contributed by atoms with Crippen LogP contribution in [0.2, 0.25) is 5.02 Å². The van der Waals surface area contributed by atoms with E-state index in [0.717, 1.165) is 0 Å². The van der Waals surface area contributed by atoms with Gasteiger partial charge in [-0.1, -0.05) is 29.5 Å². The fraction of sp³-hybridized carbons (Fsp3) is 0.125. The van der Waals surface area contributed by atoms with E-state index in [1.807, 2.05) is 0 Å². The molecule has 2 aromatic carbocycles. The van der Waals surface area contributed by atoms with Crippen molar-refractivity contribution in [2.24, 2.45) is 0 Å². The predicted molar refractivity (Wildman–Crippen MR) is 76.1 cm³/mol. The zero-order valence-corrected chi connectivity index (χ0v) is 11.6. The van der Waals surface area contributed by atoms with Crippen LogP contribution in [-0.4, -0.2) is 11.7 Å². The van der Waals surface area contributed by atoms with E-state index >= 15 is 0 Å². The molecule has 1 N–H and O–H groups in total. The molecule has 0 heterocycles. The quantitative estimate of drug-likeness (QED) is 0.879. The topological polar surface area (TPSA) is 29.5 Å². The molecular weight excluding hydrogens is 298 g/mol. The van der Waals surface area contributed by atoms with Crippen LogP contribution in [0.5, 0.6) is 5.75 Å². The molecule has 2 aromatic rings. The molecule has 5 heteroatoms. The van der Waals surface area contributed by atoms with Gasteiger partial charge in [0.05, 0.1) is 5.02 Å². The van der Waals surface area contributed by atoms with Crippen LogP contribution in [0.4, 0.5) is 8.78 Å². The SMILES string of the molecule is OCC#Cc1ccc(F)c(OCc2ccc(Cl)c(F)c2)c1. The van der Waals surface area contributed by atoms with Crippen LogP contribution in [0, 0.1) is 23.5 Å². The highest BCUT2D eigenvalue weighted by molar-refractivity contribution is 6.30. The number of halogens is 3. The molecule has 0 aliphatic heterocycles. The summed E-state index contributed by atoms with van der Waals surface area (Å²) in [4.78, 5) is 0. The second-order valence-electron chi connectivity index (χ2n) is 4.14. The molecule has 0 bridgehead atoms. The molecule has 0 unspecified atom stereocenters. The van der Waals surface area contributed by atoms with E-state index in [2.05, 4.69) is 11.8 Å². The van der Waals surface area contributed by atoms with Gasteiger partial charge in [-0.3, -0.25) is 0 Å². The minimum absolute atomic E-state index is 0.00188. The molecule has 2 nitrogen and oxygen atoms in total. The maximum Gasteiger partial charge on any atom is 0.165 e. The Kier molecular flexibility index (Phi) is 5.15. The van der Waals surface area contributed by atoms with E-state index in [1.165, 1.54) is 30.3 Å². The lowest BCUT2D eigenvalue weighted by molar-refractivity contribution is 0.289. The van der Waals surface area contributed by atoms with Gasteiger partial charge in [-0.15, -0.1) is 0 Å². The largest absolute Gasteiger partial charge is 0.486 e. The van der Waals surface area contributed by atoms with Gasteiger partial charge >= 0.3 is 0 Å². The Bertz CT molecular complexity index is 705. The fourth-order valence-electron chi connectivity index (χ4n) is 1.62. The zero-order valence-electron chi connectivity index (χ0n) is 10.9. The molecule has 0 amide bonds. The van der Waals surface area contributed by atoms with Gasteiger partial charge in [0.25, 0.3) is 0 Å². The highest BCUT2D eigenvalue weighted by Crippen LogP contribution is 2.21. The molecule has 0 aliphatic carbocycles. The lowest BCUT2D eigenvalue weighted by Gasteiger charge is -2.08. The Labute approximate surface area is 125 Å². The molecule has 0 aliphatic rings. The summed E-state index contributed by atoms with van der Waals surface area (Å²) < 4.78 is 32.2. The Morgan fingerprint density at radius 2 is 1.90 bits per heavy atom. The van der Waals surface area contributed by atoms with E-state index < -0.39 is 11.6 Å². The molecule has 0 saturated carbocycles.